The summed E-state index contributed by atoms with van der Waals surface area (Å²) in [5, 5.41) is 6.94. The number of benzene rings is 4. The molecular weight excluding hydrogens is 518 g/mol. The first-order valence-corrected chi connectivity index (χ1v) is 14.6. The van der Waals surface area contributed by atoms with Crippen LogP contribution in [0.5, 0.6) is 0 Å². The van der Waals surface area contributed by atoms with E-state index in [0.717, 1.165) is 88.9 Å². The van der Waals surface area contributed by atoms with Crippen LogP contribution < -0.4 is 10.6 Å². The molecule has 0 radical (unpaired) electrons. The molecule has 1 aliphatic rings. The first-order valence-electron chi connectivity index (χ1n) is 14.6. The normalized spacial score (nSPS) is 12.7. The lowest BCUT2D eigenvalue weighted by Gasteiger charge is -2.11. The Labute approximate surface area is 248 Å². The highest BCUT2D eigenvalue weighted by molar-refractivity contribution is 6.07. The number of hydrogen-bond donors (Lipinski definition) is 3. The molecule has 1 aromatic heterocycles. The van der Waals surface area contributed by atoms with Crippen LogP contribution in [0.25, 0.3) is 33.5 Å². The maximum absolute atomic E-state index is 5.03. The average Bonchev–Trinajstić information content (AvgIpc) is 3.61. The highest BCUT2D eigenvalue weighted by atomic mass is 15.1. The van der Waals surface area contributed by atoms with E-state index in [-0.39, 0.29) is 0 Å². The number of rotatable bonds is 11. The molecule has 0 spiro atoms. The van der Waals surface area contributed by atoms with E-state index in [1.807, 2.05) is 0 Å². The van der Waals surface area contributed by atoms with Crippen molar-refractivity contribution >= 4 is 33.8 Å². The van der Waals surface area contributed by atoms with Crippen LogP contribution in [0.4, 0.5) is 17.1 Å². The Morgan fingerprint density at radius 2 is 1.24 bits per heavy atom. The van der Waals surface area contributed by atoms with Gasteiger partial charge in [-0.3, -0.25) is 4.99 Å². The molecule has 0 atom stereocenters. The summed E-state index contributed by atoms with van der Waals surface area (Å²) >= 11 is 0. The molecule has 3 N–H and O–H groups in total. The van der Waals surface area contributed by atoms with Crippen molar-refractivity contribution in [1.82, 2.24) is 19.8 Å². The number of nitrogens with one attached hydrogen (secondary N) is 3. The van der Waals surface area contributed by atoms with Crippen LogP contribution in [-0.2, 0) is 6.42 Å². The van der Waals surface area contributed by atoms with Gasteiger partial charge >= 0.3 is 0 Å². The Kier molecular flexibility index (Phi) is 8.04. The molecule has 7 nitrogen and oxygen atoms in total. The van der Waals surface area contributed by atoms with Gasteiger partial charge in [0.15, 0.2) is 0 Å². The summed E-state index contributed by atoms with van der Waals surface area (Å²) in [5.74, 6) is 0.879. The molecule has 7 heteroatoms. The van der Waals surface area contributed by atoms with E-state index in [1.54, 1.807) is 0 Å². The van der Waals surface area contributed by atoms with Crippen molar-refractivity contribution in [1.29, 1.82) is 0 Å². The SMILES string of the molecule is CN(C)CCNc1ccc(C2=Nc3cc(-c4ccc5nc(-c6ccc(NCCN(C)C)cc6)[nH]c5c4)ccc3C2)cc1. The summed E-state index contributed by atoms with van der Waals surface area (Å²) < 4.78 is 0. The smallest absolute Gasteiger partial charge is 0.138 e. The summed E-state index contributed by atoms with van der Waals surface area (Å²) in [7, 11) is 8.34. The van der Waals surface area contributed by atoms with Crippen LogP contribution in [0.1, 0.15) is 11.1 Å². The van der Waals surface area contributed by atoms with Crippen LogP contribution in [0.3, 0.4) is 0 Å². The molecule has 42 heavy (non-hydrogen) atoms. The van der Waals surface area contributed by atoms with Crippen LogP contribution in [0.15, 0.2) is 89.9 Å². The Morgan fingerprint density at radius 1 is 0.667 bits per heavy atom. The first kappa shape index (κ1) is 27.7. The quantitative estimate of drug-likeness (QED) is 0.172. The Bertz CT molecular complexity index is 1700. The van der Waals surface area contributed by atoms with E-state index in [2.05, 4.69) is 139 Å². The van der Waals surface area contributed by atoms with E-state index in [0.29, 0.717) is 0 Å². The van der Waals surface area contributed by atoms with Gasteiger partial charge in [0.05, 0.1) is 22.4 Å². The number of aliphatic imine (C=N–C) groups is 1. The van der Waals surface area contributed by atoms with Gasteiger partial charge in [0.25, 0.3) is 0 Å². The minimum absolute atomic E-state index is 0.857. The maximum Gasteiger partial charge on any atom is 0.138 e. The highest BCUT2D eigenvalue weighted by Gasteiger charge is 2.17. The lowest BCUT2D eigenvalue weighted by Crippen LogP contribution is -2.20. The van der Waals surface area contributed by atoms with Crippen LogP contribution in [-0.4, -0.2) is 79.8 Å². The fourth-order valence-electron chi connectivity index (χ4n) is 5.23. The molecule has 0 unspecified atom stereocenters. The number of nitrogens with zero attached hydrogens (tertiary/aromatic N) is 4. The van der Waals surface area contributed by atoms with Gasteiger partial charge in [0.1, 0.15) is 5.82 Å². The van der Waals surface area contributed by atoms with E-state index >= 15 is 0 Å². The molecule has 2 heterocycles. The fourth-order valence-corrected chi connectivity index (χ4v) is 5.23. The van der Waals surface area contributed by atoms with Crippen molar-refractivity contribution in [3.63, 3.8) is 0 Å². The van der Waals surface area contributed by atoms with Crippen LogP contribution >= 0.6 is 0 Å². The standard InChI is InChI=1S/C35H39N7/c1-41(2)19-17-36-29-12-7-24(8-13-29)32-23-28-6-5-26(21-33(28)38-32)27-11-16-31-34(22-27)40-35(39-31)25-9-14-30(15-10-25)37-18-20-42(3)4/h5-16,21-22,36-37H,17-20,23H2,1-4H3,(H,39,40). The van der Waals surface area contributed by atoms with Crippen molar-refractivity contribution in [2.75, 3.05) is 65.0 Å². The molecule has 0 bridgehead atoms. The first-order chi connectivity index (χ1) is 20.4. The molecular formula is C35H39N7. The zero-order valence-electron chi connectivity index (χ0n) is 24.9. The molecule has 0 fully saturated rings. The third-order valence-corrected chi connectivity index (χ3v) is 7.67. The zero-order chi connectivity index (χ0) is 29.1. The second-order valence-corrected chi connectivity index (χ2v) is 11.5. The molecule has 1 aliphatic heterocycles. The topological polar surface area (TPSA) is 71.6 Å². The van der Waals surface area contributed by atoms with Crippen LogP contribution in [0.2, 0.25) is 0 Å². The molecule has 0 saturated carbocycles. The number of hydrogen-bond acceptors (Lipinski definition) is 6. The molecule has 4 aromatic carbocycles. The van der Waals surface area contributed by atoms with Crippen LogP contribution in [0, 0.1) is 0 Å². The van der Waals surface area contributed by atoms with Gasteiger partial charge in [-0.15, -0.1) is 0 Å². The number of likely N-dealkylation sites (N-methyl/N-ethyl adjacent to an activating group) is 2. The van der Waals surface area contributed by atoms with Gasteiger partial charge in [-0.1, -0.05) is 30.3 Å². The Morgan fingerprint density at radius 3 is 1.88 bits per heavy atom. The second kappa shape index (κ2) is 12.2. The number of H-pyrrole nitrogens is 1. The van der Waals surface area contributed by atoms with Gasteiger partial charge in [-0.05, 0) is 105 Å². The van der Waals surface area contributed by atoms with Crippen molar-refractivity contribution in [2.45, 2.75) is 6.42 Å². The summed E-state index contributed by atoms with van der Waals surface area (Å²) in [6, 6.07) is 30.1. The molecule has 0 amide bonds. The minimum atomic E-state index is 0.857. The number of imidazole rings is 1. The third-order valence-electron chi connectivity index (χ3n) is 7.67. The number of anilines is 2. The number of aromatic nitrogens is 2. The lowest BCUT2D eigenvalue weighted by molar-refractivity contribution is 0.425. The molecule has 0 aliphatic carbocycles. The van der Waals surface area contributed by atoms with E-state index in [1.165, 1.54) is 11.1 Å². The Hall–Kier alpha value is -4.46. The third kappa shape index (κ3) is 6.38. The number of aromatic amines is 1. The summed E-state index contributed by atoms with van der Waals surface area (Å²) in [6.45, 7) is 3.84. The number of fused-ring (bicyclic) bond motifs is 2. The predicted octanol–water partition coefficient (Wildman–Crippen LogP) is 6.52. The molecule has 0 saturated heterocycles. The fraction of sp³-hybridized carbons (Fsp3) is 0.257. The average molecular weight is 558 g/mol. The highest BCUT2D eigenvalue weighted by Crippen LogP contribution is 2.34. The van der Waals surface area contributed by atoms with Gasteiger partial charge in [0.2, 0.25) is 0 Å². The summed E-state index contributed by atoms with van der Waals surface area (Å²) in [4.78, 5) is 17.8. The largest absolute Gasteiger partial charge is 0.384 e. The van der Waals surface area contributed by atoms with E-state index < -0.39 is 0 Å². The summed E-state index contributed by atoms with van der Waals surface area (Å²) in [6.07, 6.45) is 0.857. The zero-order valence-corrected chi connectivity index (χ0v) is 24.9. The van der Waals surface area contributed by atoms with E-state index in [9.17, 15) is 0 Å². The van der Waals surface area contributed by atoms with Gasteiger partial charge < -0.3 is 25.4 Å². The van der Waals surface area contributed by atoms with Crippen molar-refractivity contribution < 1.29 is 0 Å². The minimum Gasteiger partial charge on any atom is -0.384 e. The van der Waals surface area contributed by atoms with Gasteiger partial charge in [-0.25, -0.2) is 4.98 Å². The van der Waals surface area contributed by atoms with E-state index in [4.69, 9.17) is 9.98 Å². The van der Waals surface area contributed by atoms with Gasteiger partial charge in [0, 0.05) is 49.5 Å². The van der Waals surface area contributed by atoms with Crippen molar-refractivity contribution in [2.24, 2.45) is 4.99 Å². The van der Waals surface area contributed by atoms with Crippen molar-refractivity contribution in [3.05, 3.63) is 96.1 Å². The molecule has 6 rings (SSSR count). The maximum atomic E-state index is 5.03. The lowest BCUT2D eigenvalue weighted by atomic mass is 10.00. The molecule has 5 aromatic rings. The predicted molar refractivity (Wildman–Crippen MR) is 177 cm³/mol. The van der Waals surface area contributed by atoms with Crippen molar-refractivity contribution in [3.8, 4) is 22.5 Å². The monoisotopic (exact) mass is 557 g/mol. The second-order valence-electron chi connectivity index (χ2n) is 11.5. The summed E-state index contributed by atoms with van der Waals surface area (Å²) in [5.41, 5.74) is 12.2. The van der Waals surface area contributed by atoms with Gasteiger partial charge in [-0.2, -0.15) is 0 Å². The molecule has 214 valence electrons. The Balaban J connectivity index is 1.16.